The topological polar surface area (TPSA) is 79.0 Å². The number of nitrogens with one attached hydrogen (secondary N) is 1. The van der Waals surface area contributed by atoms with Crippen molar-refractivity contribution in [2.24, 2.45) is 0 Å². The lowest BCUT2D eigenvalue weighted by molar-refractivity contribution is -0.116. The van der Waals surface area contributed by atoms with E-state index in [1.807, 2.05) is 0 Å². The molecule has 24 heavy (non-hydrogen) atoms. The number of benzene rings is 1. The predicted octanol–water partition coefficient (Wildman–Crippen LogP) is 1.05. The van der Waals surface area contributed by atoms with Crippen LogP contribution in [-0.4, -0.2) is 61.8 Å². The summed E-state index contributed by atoms with van der Waals surface area (Å²) in [5.74, 6) is -0.912. The molecule has 0 aromatic heterocycles. The number of morpholine rings is 1. The third kappa shape index (κ3) is 4.73. The van der Waals surface area contributed by atoms with E-state index >= 15 is 0 Å². The first-order valence-corrected chi connectivity index (χ1v) is 9.00. The van der Waals surface area contributed by atoms with Gasteiger partial charge in [0.1, 0.15) is 5.82 Å². The molecule has 0 saturated carbocycles. The summed E-state index contributed by atoms with van der Waals surface area (Å²) < 4.78 is 45.8. The summed E-state index contributed by atoms with van der Waals surface area (Å²) in [7, 11) is -2.40. The first-order valence-electron chi connectivity index (χ1n) is 7.61. The summed E-state index contributed by atoms with van der Waals surface area (Å²) in [6.07, 6.45) is -0.407. The molecule has 1 amide bonds. The minimum atomic E-state index is -3.76. The second kappa shape index (κ2) is 7.56. The highest BCUT2D eigenvalue weighted by Crippen LogP contribution is 2.16. The van der Waals surface area contributed by atoms with Gasteiger partial charge >= 0.3 is 0 Å². The van der Waals surface area contributed by atoms with Crippen molar-refractivity contribution in [3.8, 4) is 0 Å². The molecular weight excluding hydrogens is 337 g/mol. The van der Waals surface area contributed by atoms with Gasteiger partial charge in [-0.1, -0.05) is 0 Å². The molecule has 1 N–H and O–H groups in total. The van der Waals surface area contributed by atoms with Crippen molar-refractivity contribution in [2.75, 3.05) is 32.0 Å². The Morgan fingerprint density at radius 2 is 1.83 bits per heavy atom. The SMILES string of the molecule is C[C@@H]1CN(S(=O)(=O)N(C)CC(=O)Nc2ccc(F)cc2)C[C@H](C)O1. The molecule has 1 saturated heterocycles. The largest absolute Gasteiger partial charge is 0.373 e. The quantitative estimate of drug-likeness (QED) is 0.852. The molecule has 1 aliphatic rings. The van der Waals surface area contributed by atoms with Crippen LogP contribution in [0.2, 0.25) is 0 Å². The van der Waals surface area contributed by atoms with Crippen LogP contribution >= 0.6 is 0 Å². The molecule has 1 fully saturated rings. The first kappa shape index (κ1) is 18.8. The van der Waals surface area contributed by atoms with Gasteiger partial charge in [-0.05, 0) is 38.1 Å². The van der Waals surface area contributed by atoms with Crippen molar-refractivity contribution in [1.82, 2.24) is 8.61 Å². The van der Waals surface area contributed by atoms with Crippen molar-refractivity contribution >= 4 is 21.8 Å². The number of nitrogens with zero attached hydrogens (tertiary/aromatic N) is 2. The molecule has 0 unspecified atom stereocenters. The second-order valence-corrected chi connectivity index (χ2v) is 7.93. The summed E-state index contributed by atoms with van der Waals surface area (Å²) in [5.41, 5.74) is 0.404. The van der Waals surface area contributed by atoms with Gasteiger partial charge in [0, 0.05) is 25.8 Å². The van der Waals surface area contributed by atoms with Gasteiger partial charge < -0.3 is 10.1 Å². The maximum Gasteiger partial charge on any atom is 0.282 e. The standard InChI is InChI=1S/C15H22FN3O4S/c1-11-8-19(9-12(2)23-11)24(21,22)18(3)10-15(20)17-14-6-4-13(16)5-7-14/h4-7,11-12H,8-10H2,1-3H3,(H,17,20)/t11-,12+. The zero-order valence-corrected chi connectivity index (χ0v) is 14.7. The van der Waals surface area contributed by atoms with Crippen molar-refractivity contribution < 1.29 is 22.3 Å². The van der Waals surface area contributed by atoms with Crippen LogP contribution in [0.5, 0.6) is 0 Å². The highest BCUT2D eigenvalue weighted by atomic mass is 32.2. The van der Waals surface area contributed by atoms with E-state index in [1.54, 1.807) is 13.8 Å². The molecule has 1 aliphatic heterocycles. The molecule has 2 atom stereocenters. The third-order valence-electron chi connectivity index (χ3n) is 3.60. The molecule has 7 nitrogen and oxygen atoms in total. The number of carbonyl (C=O) groups excluding carboxylic acids is 1. The molecule has 134 valence electrons. The summed E-state index contributed by atoms with van der Waals surface area (Å²) in [6, 6.07) is 5.25. The Kier molecular flexibility index (Phi) is 5.92. The highest BCUT2D eigenvalue weighted by molar-refractivity contribution is 7.86. The van der Waals surface area contributed by atoms with E-state index in [4.69, 9.17) is 4.74 Å². The van der Waals surface area contributed by atoms with Crippen LogP contribution in [0.15, 0.2) is 24.3 Å². The molecule has 1 aromatic carbocycles. The van der Waals surface area contributed by atoms with Crippen molar-refractivity contribution in [1.29, 1.82) is 0 Å². The lowest BCUT2D eigenvalue weighted by Crippen LogP contribution is -2.53. The Morgan fingerprint density at radius 1 is 1.29 bits per heavy atom. The summed E-state index contributed by atoms with van der Waals surface area (Å²) in [6.45, 7) is 3.77. The van der Waals surface area contributed by atoms with Crippen molar-refractivity contribution in [3.63, 3.8) is 0 Å². The van der Waals surface area contributed by atoms with Gasteiger partial charge in [-0.25, -0.2) is 4.39 Å². The monoisotopic (exact) mass is 359 g/mol. The number of anilines is 1. The van der Waals surface area contributed by atoms with E-state index in [0.29, 0.717) is 5.69 Å². The van der Waals surface area contributed by atoms with Crippen LogP contribution < -0.4 is 5.32 Å². The van der Waals surface area contributed by atoms with Crippen LogP contribution in [0.4, 0.5) is 10.1 Å². The fraction of sp³-hybridized carbons (Fsp3) is 0.533. The van der Waals surface area contributed by atoms with Gasteiger partial charge in [-0.3, -0.25) is 4.79 Å². The molecule has 1 heterocycles. The Bertz CT molecular complexity index is 670. The number of hydrogen-bond donors (Lipinski definition) is 1. The van der Waals surface area contributed by atoms with E-state index in [1.165, 1.54) is 35.6 Å². The Labute approximate surface area is 141 Å². The van der Waals surface area contributed by atoms with Gasteiger partial charge in [-0.15, -0.1) is 0 Å². The van der Waals surface area contributed by atoms with Gasteiger partial charge in [-0.2, -0.15) is 17.0 Å². The maximum atomic E-state index is 12.8. The molecule has 0 aliphatic carbocycles. The fourth-order valence-corrected chi connectivity index (χ4v) is 4.01. The van der Waals surface area contributed by atoms with Gasteiger partial charge in [0.15, 0.2) is 0 Å². The van der Waals surface area contributed by atoms with Crippen LogP contribution in [-0.2, 0) is 19.7 Å². The number of hydrogen-bond acceptors (Lipinski definition) is 4. The number of ether oxygens (including phenoxy) is 1. The van der Waals surface area contributed by atoms with E-state index < -0.39 is 21.9 Å². The molecule has 0 spiro atoms. The maximum absolute atomic E-state index is 12.8. The normalized spacial score (nSPS) is 22.5. The number of halogens is 1. The lowest BCUT2D eigenvalue weighted by atomic mass is 10.3. The average molecular weight is 359 g/mol. The van der Waals surface area contributed by atoms with E-state index in [-0.39, 0.29) is 31.8 Å². The highest BCUT2D eigenvalue weighted by Gasteiger charge is 2.34. The first-order chi connectivity index (χ1) is 11.2. The van der Waals surface area contributed by atoms with Crippen LogP contribution in [0.25, 0.3) is 0 Å². The second-order valence-electron chi connectivity index (χ2n) is 5.89. The zero-order valence-electron chi connectivity index (χ0n) is 13.9. The molecular formula is C15H22FN3O4S. The Balaban J connectivity index is 1.98. The molecule has 9 heteroatoms. The minimum Gasteiger partial charge on any atom is -0.373 e. The number of amides is 1. The zero-order chi connectivity index (χ0) is 17.9. The van der Waals surface area contributed by atoms with Gasteiger partial charge in [0.05, 0.1) is 18.8 Å². The van der Waals surface area contributed by atoms with Gasteiger partial charge in [0.25, 0.3) is 10.2 Å². The summed E-state index contributed by atoms with van der Waals surface area (Å²) in [5, 5.41) is 2.54. The van der Waals surface area contributed by atoms with Crippen LogP contribution in [0.3, 0.4) is 0 Å². The van der Waals surface area contributed by atoms with Crippen LogP contribution in [0, 0.1) is 5.82 Å². The van der Waals surface area contributed by atoms with Gasteiger partial charge in [0.2, 0.25) is 5.91 Å². The molecule has 2 rings (SSSR count). The average Bonchev–Trinajstić information content (AvgIpc) is 2.48. The Morgan fingerprint density at radius 3 is 2.38 bits per heavy atom. The summed E-state index contributed by atoms with van der Waals surface area (Å²) >= 11 is 0. The smallest absolute Gasteiger partial charge is 0.282 e. The van der Waals surface area contributed by atoms with Crippen molar-refractivity contribution in [3.05, 3.63) is 30.1 Å². The minimum absolute atomic E-state index is 0.204. The van der Waals surface area contributed by atoms with Crippen LogP contribution in [0.1, 0.15) is 13.8 Å². The molecule has 0 bridgehead atoms. The molecule has 0 radical (unpaired) electrons. The third-order valence-corrected chi connectivity index (χ3v) is 5.47. The van der Waals surface area contributed by atoms with Crippen molar-refractivity contribution in [2.45, 2.75) is 26.1 Å². The van der Waals surface area contributed by atoms with E-state index in [0.717, 1.165) is 4.31 Å². The number of carbonyl (C=O) groups is 1. The Hall–Kier alpha value is -1.55. The lowest BCUT2D eigenvalue weighted by Gasteiger charge is -2.36. The fourth-order valence-electron chi connectivity index (χ4n) is 2.53. The number of rotatable bonds is 5. The number of likely N-dealkylation sites (N-methyl/N-ethyl adjacent to an activating group) is 1. The summed E-state index contributed by atoms with van der Waals surface area (Å²) in [4.78, 5) is 12.0. The van der Waals surface area contributed by atoms with E-state index in [9.17, 15) is 17.6 Å². The predicted molar refractivity (Wildman–Crippen MR) is 88.2 cm³/mol. The van der Waals surface area contributed by atoms with E-state index in [2.05, 4.69) is 5.32 Å². The molecule has 1 aromatic rings.